The first kappa shape index (κ1) is 23.4. The van der Waals surface area contributed by atoms with Gasteiger partial charge in [0.25, 0.3) is 0 Å². The van der Waals surface area contributed by atoms with Crippen LogP contribution in [0.5, 0.6) is 0 Å². The number of rotatable bonds is 7. The van der Waals surface area contributed by atoms with E-state index in [2.05, 4.69) is 20.3 Å². The smallest absolute Gasteiger partial charge is 0.352 e. The highest BCUT2D eigenvalue weighted by Gasteiger charge is 2.25. The number of benzene rings is 1. The van der Waals surface area contributed by atoms with Crippen molar-refractivity contribution in [1.29, 1.82) is 0 Å². The van der Waals surface area contributed by atoms with Crippen molar-refractivity contribution >= 4 is 28.4 Å². The summed E-state index contributed by atoms with van der Waals surface area (Å²) in [5.74, 6) is -1.74. The number of H-pyrrole nitrogens is 1. The number of nitrogens with zero attached hydrogens (tertiary/aromatic N) is 5. The number of hydrogen-bond donors (Lipinski definition) is 2. The van der Waals surface area contributed by atoms with Crippen LogP contribution in [-0.4, -0.2) is 59.9 Å². The molecule has 3 aromatic heterocycles. The van der Waals surface area contributed by atoms with Gasteiger partial charge in [-0.1, -0.05) is 18.2 Å². The molecule has 4 heterocycles. The third kappa shape index (κ3) is 4.37. The molecule has 184 valence electrons. The van der Waals surface area contributed by atoms with E-state index in [0.29, 0.717) is 42.5 Å². The lowest BCUT2D eigenvalue weighted by Crippen LogP contribution is -2.36. The van der Waals surface area contributed by atoms with E-state index in [1.165, 1.54) is 6.07 Å². The van der Waals surface area contributed by atoms with Crippen molar-refractivity contribution in [2.75, 3.05) is 13.1 Å². The van der Waals surface area contributed by atoms with Crippen molar-refractivity contribution in [3.05, 3.63) is 71.7 Å². The zero-order chi connectivity index (χ0) is 25.2. The molecule has 0 spiro atoms. The molecule has 9 nitrogen and oxygen atoms in total. The summed E-state index contributed by atoms with van der Waals surface area (Å²) in [6, 6.07) is 5.09. The molecule has 0 fully saturated rings. The summed E-state index contributed by atoms with van der Waals surface area (Å²) >= 11 is 0. The molecule has 0 aliphatic carbocycles. The number of hydrogen-bond acceptors (Lipinski definition) is 5. The van der Waals surface area contributed by atoms with Gasteiger partial charge in [-0.2, -0.15) is 0 Å². The minimum absolute atomic E-state index is 0.0479. The van der Waals surface area contributed by atoms with E-state index >= 15 is 4.39 Å². The van der Waals surface area contributed by atoms with Crippen LogP contribution in [-0.2, 0) is 17.8 Å². The zero-order valence-electron chi connectivity index (χ0n) is 19.7. The predicted octanol–water partition coefficient (Wildman–Crippen LogP) is 3.93. The average molecular weight is 489 g/mol. The molecule has 0 radical (unpaired) electrons. The summed E-state index contributed by atoms with van der Waals surface area (Å²) in [4.78, 5) is 33.2. The molecule has 0 bridgehead atoms. The first-order valence-electron chi connectivity index (χ1n) is 11.8. The summed E-state index contributed by atoms with van der Waals surface area (Å²) < 4.78 is 17.5. The first-order chi connectivity index (χ1) is 17.5. The van der Waals surface area contributed by atoms with E-state index in [4.69, 9.17) is 0 Å². The summed E-state index contributed by atoms with van der Waals surface area (Å²) in [6.45, 7) is 3.24. The van der Waals surface area contributed by atoms with Crippen LogP contribution in [0.25, 0.3) is 27.6 Å². The van der Waals surface area contributed by atoms with Crippen LogP contribution in [0, 0.1) is 5.82 Å². The first-order valence-corrected chi connectivity index (χ1v) is 11.8. The lowest BCUT2D eigenvalue weighted by atomic mass is 9.91. The Morgan fingerprint density at radius 3 is 2.81 bits per heavy atom. The Labute approximate surface area is 206 Å². The standard InChI is InChI=1S/C26H25FN6O3/c1-2-16-14-28-7-5-18(16)20-12-19(24(27)25-21(20)13-22(30-25)26(35)36)17-4-3-9-32(15-17)23(34)6-10-33-11-8-29-31-33/h4-5,7-8,11-14,30H,2-3,6,9-10,15H2,1H3,(H,35,36). The Hall–Kier alpha value is -4.34. The van der Waals surface area contributed by atoms with E-state index < -0.39 is 11.8 Å². The molecule has 0 atom stereocenters. The highest BCUT2D eigenvalue weighted by molar-refractivity contribution is 6.03. The monoisotopic (exact) mass is 488 g/mol. The maximum absolute atomic E-state index is 15.9. The summed E-state index contributed by atoms with van der Waals surface area (Å²) in [5, 5.41) is 17.7. The van der Waals surface area contributed by atoms with Gasteiger partial charge in [0.15, 0.2) is 5.82 Å². The minimum atomic E-state index is -1.16. The van der Waals surface area contributed by atoms with E-state index in [1.54, 1.807) is 40.4 Å². The van der Waals surface area contributed by atoms with Crippen molar-refractivity contribution in [3.63, 3.8) is 0 Å². The lowest BCUT2D eigenvalue weighted by Gasteiger charge is -2.28. The number of halogens is 1. The van der Waals surface area contributed by atoms with Gasteiger partial charge in [0.2, 0.25) is 5.91 Å². The SMILES string of the molecule is CCc1cnccc1-c1cc(C2=CCCN(C(=O)CCn3ccnn3)C2)c(F)c2[nH]c(C(=O)O)cc12. The fourth-order valence-electron chi connectivity index (χ4n) is 4.68. The Balaban J connectivity index is 1.54. The van der Waals surface area contributed by atoms with Crippen LogP contribution >= 0.6 is 0 Å². The second-order valence-corrected chi connectivity index (χ2v) is 8.70. The van der Waals surface area contributed by atoms with Crippen molar-refractivity contribution in [1.82, 2.24) is 29.9 Å². The van der Waals surface area contributed by atoms with Crippen LogP contribution in [0.1, 0.15) is 41.4 Å². The molecule has 0 saturated heterocycles. The van der Waals surface area contributed by atoms with Gasteiger partial charge in [0, 0.05) is 49.1 Å². The number of carbonyl (C=O) groups excluding carboxylic acids is 1. The predicted molar refractivity (Wildman–Crippen MR) is 132 cm³/mol. The maximum Gasteiger partial charge on any atom is 0.352 e. The van der Waals surface area contributed by atoms with Crippen molar-refractivity contribution in [2.45, 2.75) is 32.7 Å². The lowest BCUT2D eigenvalue weighted by molar-refractivity contribution is -0.131. The number of pyridine rings is 1. The van der Waals surface area contributed by atoms with Gasteiger partial charge < -0.3 is 15.0 Å². The van der Waals surface area contributed by atoms with Crippen LogP contribution in [0.3, 0.4) is 0 Å². The third-order valence-electron chi connectivity index (χ3n) is 6.53. The number of aromatic nitrogens is 5. The molecule has 4 aromatic rings. The largest absolute Gasteiger partial charge is 0.477 e. The van der Waals surface area contributed by atoms with Crippen molar-refractivity contribution in [2.24, 2.45) is 0 Å². The number of carbonyl (C=O) groups is 2. The highest BCUT2D eigenvalue weighted by Crippen LogP contribution is 2.38. The van der Waals surface area contributed by atoms with Gasteiger partial charge >= 0.3 is 5.97 Å². The minimum Gasteiger partial charge on any atom is -0.477 e. The van der Waals surface area contributed by atoms with Gasteiger partial charge in [-0.15, -0.1) is 5.10 Å². The molecule has 2 N–H and O–H groups in total. The molecule has 36 heavy (non-hydrogen) atoms. The van der Waals surface area contributed by atoms with Gasteiger partial charge in [-0.05, 0) is 53.3 Å². The van der Waals surface area contributed by atoms with Gasteiger partial charge in [-0.3, -0.25) is 14.5 Å². The Bertz CT molecular complexity index is 1470. The molecule has 1 aliphatic heterocycles. The summed E-state index contributed by atoms with van der Waals surface area (Å²) in [5.41, 5.74) is 3.65. The van der Waals surface area contributed by atoms with Crippen LogP contribution in [0.15, 0.2) is 49.1 Å². The summed E-state index contributed by atoms with van der Waals surface area (Å²) in [6.07, 6.45) is 10.2. The fraction of sp³-hybridized carbons (Fsp3) is 0.269. The molecule has 0 unspecified atom stereocenters. The summed E-state index contributed by atoms with van der Waals surface area (Å²) in [7, 11) is 0. The molecule has 10 heteroatoms. The number of aromatic amines is 1. The average Bonchev–Trinajstić information content (AvgIpc) is 3.58. The number of fused-ring (bicyclic) bond motifs is 1. The molecule has 5 rings (SSSR count). The molecule has 1 aromatic carbocycles. The fourth-order valence-corrected chi connectivity index (χ4v) is 4.68. The highest BCUT2D eigenvalue weighted by atomic mass is 19.1. The van der Waals surface area contributed by atoms with E-state index in [0.717, 1.165) is 16.7 Å². The molecule has 0 saturated carbocycles. The maximum atomic E-state index is 15.9. The van der Waals surface area contributed by atoms with Crippen molar-refractivity contribution < 1.29 is 19.1 Å². The van der Waals surface area contributed by atoms with Gasteiger partial charge in [0.05, 0.1) is 18.3 Å². The van der Waals surface area contributed by atoms with Crippen LogP contribution in [0.4, 0.5) is 4.39 Å². The molecule has 1 amide bonds. The van der Waals surface area contributed by atoms with Crippen LogP contribution in [0.2, 0.25) is 0 Å². The normalized spacial score (nSPS) is 13.7. The Morgan fingerprint density at radius 1 is 1.19 bits per heavy atom. The van der Waals surface area contributed by atoms with Crippen molar-refractivity contribution in [3.8, 4) is 11.1 Å². The van der Waals surface area contributed by atoms with Gasteiger partial charge in [-0.25, -0.2) is 9.18 Å². The number of nitrogens with one attached hydrogen (secondary N) is 1. The number of amides is 1. The van der Waals surface area contributed by atoms with E-state index in [9.17, 15) is 14.7 Å². The quantitative estimate of drug-likeness (QED) is 0.407. The topological polar surface area (TPSA) is 117 Å². The Kier molecular flexibility index (Phi) is 6.32. The second-order valence-electron chi connectivity index (χ2n) is 8.70. The second kappa shape index (κ2) is 9.73. The van der Waals surface area contributed by atoms with E-state index in [1.807, 2.05) is 19.1 Å². The number of aromatic carboxylic acids is 1. The third-order valence-corrected chi connectivity index (χ3v) is 6.53. The van der Waals surface area contributed by atoms with E-state index in [-0.39, 0.29) is 30.1 Å². The van der Waals surface area contributed by atoms with Gasteiger partial charge in [0.1, 0.15) is 5.69 Å². The molecular weight excluding hydrogens is 463 g/mol. The zero-order valence-corrected chi connectivity index (χ0v) is 19.7. The number of carboxylic acids is 1. The molecular formula is C26H25FN6O3. The Morgan fingerprint density at radius 2 is 2.06 bits per heavy atom. The molecule has 1 aliphatic rings. The number of aryl methyl sites for hydroxylation is 2. The van der Waals surface area contributed by atoms with Crippen LogP contribution < -0.4 is 0 Å². The number of carboxylic acid groups (broad SMARTS) is 1.